The van der Waals surface area contributed by atoms with Crippen LogP contribution in [0.15, 0.2) is 28.3 Å². The van der Waals surface area contributed by atoms with Crippen molar-refractivity contribution < 1.29 is 4.79 Å². The van der Waals surface area contributed by atoms with Crippen LogP contribution in [-0.2, 0) is 4.79 Å². The molecular formula is C12H17ClN2O. The Labute approximate surface area is 101 Å². The fourth-order valence-corrected chi connectivity index (χ4v) is 2.06. The lowest BCUT2D eigenvalue weighted by Crippen LogP contribution is -2.26. The fraction of sp³-hybridized carbons (Fsp3) is 0.500. The monoisotopic (exact) mass is 240 g/mol. The Morgan fingerprint density at radius 1 is 1.62 bits per heavy atom. The van der Waals surface area contributed by atoms with Crippen molar-refractivity contribution in [1.82, 2.24) is 0 Å². The van der Waals surface area contributed by atoms with Gasteiger partial charge in [0.05, 0.1) is 0 Å². The Balaban J connectivity index is 2.94. The van der Waals surface area contributed by atoms with Crippen LogP contribution in [0.2, 0.25) is 0 Å². The van der Waals surface area contributed by atoms with Gasteiger partial charge in [-0.2, -0.15) is 0 Å². The van der Waals surface area contributed by atoms with Crippen LogP contribution in [0.1, 0.15) is 26.2 Å². The van der Waals surface area contributed by atoms with E-state index in [1.165, 1.54) is 5.57 Å². The molecule has 3 nitrogen and oxygen atoms in total. The van der Waals surface area contributed by atoms with E-state index in [4.69, 9.17) is 17.3 Å². The van der Waals surface area contributed by atoms with E-state index in [2.05, 4.69) is 11.6 Å². The molecular weight excluding hydrogens is 224 g/mol. The van der Waals surface area contributed by atoms with Gasteiger partial charge >= 0.3 is 0 Å². The molecule has 0 aliphatic heterocycles. The molecule has 0 aromatic carbocycles. The summed E-state index contributed by atoms with van der Waals surface area (Å²) in [5, 5.41) is 0.402. The lowest BCUT2D eigenvalue weighted by atomic mass is 9.81. The predicted octanol–water partition coefficient (Wildman–Crippen LogP) is 2.41. The summed E-state index contributed by atoms with van der Waals surface area (Å²) >= 11 is 5.94. The van der Waals surface area contributed by atoms with Crippen LogP contribution in [0.5, 0.6) is 0 Å². The largest absolute Gasteiger partial charge is 0.369 e. The van der Waals surface area contributed by atoms with E-state index in [1.54, 1.807) is 7.05 Å². The second kappa shape index (κ2) is 5.30. The summed E-state index contributed by atoms with van der Waals surface area (Å²) in [7, 11) is 1.62. The number of amides is 1. The quantitative estimate of drug-likeness (QED) is 0.757. The molecule has 0 aromatic rings. The minimum Gasteiger partial charge on any atom is -0.369 e. The van der Waals surface area contributed by atoms with E-state index in [-0.39, 0.29) is 11.8 Å². The zero-order valence-corrected chi connectivity index (χ0v) is 10.5. The molecule has 0 saturated heterocycles. The molecule has 1 unspecified atom stereocenters. The van der Waals surface area contributed by atoms with Crippen molar-refractivity contribution in [2.45, 2.75) is 26.2 Å². The van der Waals surface area contributed by atoms with Crippen molar-refractivity contribution in [2.75, 3.05) is 7.05 Å². The minimum atomic E-state index is -0.248. The number of primary amides is 1. The van der Waals surface area contributed by atoms with Crippen LogP contribution in [0.25, 0.3) is 0 Å². The number of hydrogen-bond acceptors (Lipinski definition) is 2. The van der Waals surface area contributed by atoms with E-state index in [1.807, 2.05) is 6.92 Å². The molecule has 16 heavy (non-hydrogen) atoms. The third kappa shape index (κ3) is 2.73. The van der Waals surface area contributed by atoms with E-state index >= 15 is 0 Å². The molecule has 1 aliphatic carbocycles. The zero-order valence-electron chi connectivity index (χ0n) is 9.72. The molecule has 1 atom stereocenters. The Morgan fingerprint density at radius 3 is 2.75 bits per heavy atom. The molecule has 0 aromatic heterocycles. The highest BCUT2D eigenvalue weighted by Gasteiger charge is 2.25. The van der Waals surface area contributed by atoms with Crippen LogP contribution < -0.4 is 5.73 Å². The van der Waals surface area contributed by atoms with E-state index < -0.39 is 0 Å². The first kappa shape index (κ1) is 13.0. The summed E-state index contributed by atoms with van der Waals surface area (Å²) < 4.78 is 0. The van der Waals surface area contributed by atoms with E-state index in [0.717, 1.165) is 18.4 Å². The number of hydrogen-bond donors (Lipinski definition) is 1. The summed E-state index contributed by atoms with van der Waals surface area (Å²) in [6, 6.07) is 0. The third-order valence-corrected chi connectivity index (χ3v) is 3.44. The van der Waals surface area contributed by atoms with Gasteiger partial charge in [0.2, 0.25) is 5.91 Å². The molecule has 1 amide bonds. The van der Waals surface area contributed by atoms with Crippen LogP contribution in [0.4, 0.5) is 0 Å². The number of carbonyl (C=O) groups is 1. The van der Waals surface area contributed by atoms with Gasteiger partial charge in [0, 0.05) is 18.5 Å². The normalized spacial score (nSPS) is 22.2. The Morgan fingerprint density at radius 2 is 2.25 bits per heavy atom. The number of nitrogens with zero attached hydrogens (tertiary/aromatic N) is 1. The first-order valence-electron chi connectivity index (χ1n) is 5.27. The van der Waals surface area contributed by atoms with Gasteiger partial charge in [0.1, 0.15) is 5.17 Å². The van der Waals surface area contributed by atoms with Gasteiger partial charge in [0.15, 0.2) is 0 Å². The molecule has 88 valence electrons. The van der Waals surface area contributed by atoms with Gasteiger partial charge in [-0.3, -0.25) is 9.79 Å². The maximum Gasteiger partial charge on any atom is 0.220 e. The average molecular weight is 241 g/mol. The van der Waals surface area contributed by atoms with E-state index in [0.29, 0.717) is 17.2 Å². The maximum absolute atomic E-state index is 11.2. The molecule has 1 rings (SSSR count). The lowest BCUT2D eigenvalue weighted by Gasteiger charge is -2.24. The molecule has 0 radical (unpaired) electrons. The first-order chi connectivity index (χ1) is 7.47. The minimum absolute atomic E-state index is 0.100. The van der Waals surface area contributed by atoms with Gasteiger partial charge in [-0.25, -0.2) is 0 Å². The molecule has 0 bridgehead atoms. The van der Waals surface area contributed by atoms with Crippen molar-refractivity contribution >= 4 is 22.7 Å². The summed E-state index contributed by atoms with van der Waals surface area (Å²) in [6.07, 6.45) is 2.32. The standard InChI is InChI=1S/C12H17ClN2O/c1-7-4-5-9(12(14)16)6-10(7)8(2)11(13)15-3/h9H,2,4-6H2,1,3H3,(H2,14,16). The summed E-state index contributed by atoms with van der Waals surface area (Å²) in [6.45, 7) is 5.96. The summed E-state index contributed by atoms with van der Waals surface area (Å²) in [5.74, 6) is -0.348. The van der Waals surface area contributed by atoms with Crippen molar-refractivity contribution in [3.63, 3.8) is 0 Å². The van der Waals surface area contributed by atoms with Crippen LogP contribution >= 0.6 is 11.6 Å². The number of carbonyl (C=O) groups excluding carboxylic acids is 1. The number of rotatable bonds is 3. The SMILES string of the molecule is C=C(C(Cl)=NC)C1=C(C)CCC(C(N)=O)C1. The van der Waals surface area contributed by atoms with Gasteiger partial charge in [-0.05, 0) is 31.8 Å². The van der Waals surface area contributed by atoms with E-state index in [9.17, 15) is 4.79 Å². The van der Waals surface area contributed by atoms with Gasteiger partial charge in [-0.1, -0.05) is 23.8 Å². The van der Waals surface area contributed by atoms with Crippen LogP contribution in [0.3, 0.4) is 0 Å². The smallest absolute Gasteiger partial charge is 0.220 e. The second-order valence-corrected chi connectivity index (χ2v) is 4.45. The Bertz CT molecular complexity index is 382. The number of halogens is 1. The van der Waals surface area contributed by atoms with Crippen molar-refractivity contribution in [3.8, 4) is 0 Å². The lowest BCUT2D eigenvalue weighted by molar-refractivity contribution is -0.122. The Hall–Kier alpha value is -1.09. The average Bonchev–Trinajstić information content (AvgIpc) is 2.27. The predicted molar refractivity (Wildman–Crippen MR) is 67.6 cm³/mol. The number of allylic oxidation sites excluding steroid dienone is 3. The van der Waals surface area contributed by atoms with Crippen LogP contribution in [-0.4, -0.2) is 18.1 Å². The molecule has 0 fully saturated rings. The number of aliphatic imine (C=N–C) groups is 1. The fourth-order valence-electron chi connectivity index (χ4n) is 1.95. The first-order valence-corrected chi connectivity index (χ1v) is 5.65. The van der Waals surface area contributed by atoms with Crippen molar-refractivity contribution in [3.05, 3.63) is 23.3 Å². The highest BCUT2D eigenvalue weighted by molar-refractivity contribution is 6.70. The van der Waals surface area contributed by atoms with Crippen molar-refractivity contribution in [1.29, 1.82) is 0 Å². The molecule has 4 heteroatoms. The zero-order chi connectivity index (χ0) is 12.3. The molecule has 0 saturated carbocycles. The maximum atomic E-state index is 11.2. The topological polar surface area (TPSA) is 55.4 Å². The highest BCUT2D eigenvalue weighted by Crippen LogP contribution is 2.33. The number of nitrogens with two attached hydrogens (primary N) is 1. The Kier molecular flexibility index (Phi) is 4.30. The van der Waals surface area contributed by atoms with Crippen LogP contribution in [0, 0.1) is 5.92 Å². The molecule has 0 heterocycles. The summed E-state index contributed by atoms with van der Waals surface area (Å²) in [4.78, 5) is 15.1. The summed E-state index contributed by atoms with van der Waals surface area (Å²) in [5.41, 5.74) is 8.30. The molecule has 0 spiro atoms. The third-order valence-electron chi connectivity index (χ3n) is 3.05. The van der Waals surface area contributed by atoms with Gasteiger partial charge in [0.25, 0.3) is 0 Å². The molecule has 1 aliphatic rings. The van der Waals surface area contributed by atoms with Crippen molar-refractivity contribution in [2.24, 2.45) is 16.6 Å². The molecule has 2 N–H and O–H groups in total. The second-order valence-electron chi connectivity index (χ2n) is 4.09. The highest BCUT2D eigenvalue weighted by atomic mass is 35.5. The van der Waals surface area contributed by atoms with Gasteiger partial charge in [-0.15, -0.1) is 0 Å². The van der Waals surface area contributed by atoms with Gasteiger partial charge < -0.3 is 5.73 Å².